The lowest BCUT2D eigenvalue weighted by atomic mass is 10.2. The normalized spacial score (nSPS) is 9.27. The van der Waals surface area contributed by atoms with Gasteiger partial charge < -0.3 is 5.73 Å². The highest BCUT2D eigenvalue weighted by Crippen LogP contribution is 2.22. The molecule has 0 aromatic carbocycles. The third-order valence-electron chi connectivity index (χ3n) is 1.66. The number of hydrogen-bond acceptors (Lipinski definition) is 4. The third-order valence-corrected chi connectivity index (χ3v) is 1.95. The SMILES string of the molecule is Cc1nc(Cl)c(C#CCN)cc1[N+](=O)[O-]. The minimum absolute atomic E-state index is 0.0966. The fourth-order valence-electron chi connectivity index (χ4n) is 0.984. The van der Waals surface area contributed by atoms with Crippen molar-refractivity contribution in [2.24, 2.45) is 5.73 Å². The number of hydrogen-bond donors (Lipinski definition) is 1. The molecule has 5 nitrogen and oxygen atoms in total. The Balaban J connectivity index is 3.29. The zero-order valence-corrected chi connectivity index (χ0v) is 8.71. The van der Waals surface area contributed by atoms with Crippen molar-refractivity contribution in [3.63, 3.8) is 0 Å². The second-order valence-corrected chi connectivity index (χ2v) is 3.05. The maximum atomic E-state index is 10.6. The van der Waals surface area contributed by atoms with E-state index in [-0.39, 0.29) is 23.1 Å². The van der Waals surface area contributed by atoms with E-state index < -0.39 is 4.92 Å². The summed E-state index contributed by atoms with van der Waals surface area (Å²) in [5.74, 6) is 5.18. The lowest BCUT2D eigenvalue weighted by Crippen LogP contribution is -1.97. The van der Waals surface area contributed by atoms with Crippen molar-refractivity contribution in [2.75, 3.05) is 6.54 Å². The first-order chi connectivity index (χ1) is 7.06. The number of aryl methyl sites for hydroxylation is 1. The van der Waals surface area contributed by atoms with E-state index in [1.165, 1.54) is 13.0 Å². The molecule has 2 N–H and O–H groups in total. The molecule has 1 rings (SSSR count). The van der Waals surface area contributed by atoms with Crippen molar-refractivity contribution in [1.29, 1.82) is 0 Å². The molecule has 0 aliphatic carbocycles. The summed E-state index contributed by atoms with van der Waals surface area (Å²) in [5.41, 5.74) is 5.67. The van der Waals surface area contributed by atoms with Gasteiger partial charge in [0.15, 0.2) is 0 Å². The highest BCUT2D eigenvalue weighted by Gasteiger charge is 2.14. The predicted octanol–water partition coefficient (Wildman–Crippen LogP) is 1.26. The standard InChI is InChI=1S/C9H8ClN3O2/c1-6-8(13(14)15)5-7(3-2-4-11)9(10)12-6/h5H,4,11H2,1H3. The number of nitrogens with zero attached hydrogens (tertiary/aromatic N) is 2. The Kier molecular flexibility index (Phi) is 3.61. The minimum Gasteiger partial charge on any atom is -0.320 e. The summed E-state index contributed by atoms with van der Waals surface area (Å²) in [7, 11) is 0. The number of halogens is 1. The van der Waals surface area contributed by atoms with Crippen molar-refractivity contribution in [2.45, 2.75) is 6.92 Å². The van der Waals surface area contributed by atoms with E-state index in [0.717, 1.165) is 0 Å². The first-order valence-corrected chi connectivity index (χ1v) is 4.44. The van der Waals surface area contributed by atoms with Gasteiger partial charge in [-0.1, -0.05) is 23.4 Å². The number of aromatic nitrogens is 1. The van der Waals surface area contributed by atoms with Gasteiger partial charge in [0.1, 0.15) is 10.8 Å². The van der Waals surface area contributed by atoms with Crippen LogP contribution in [0.4, 0.5) is 5.69 Å². The van der Waals surface area contributed by atoms with E-state index >= 15 is 0 Å². The molecule has 1 aromatic heterocycles. The molecule has 0 fully saturated rings. The van der Waals surface area contributed by atoms with Crippen LogP contribution >= 0.6 is 11.6 Å². The van der Waals surface area contributed by atoms with Crippen molar-refractivity contribution in [3.05, 3.63) is 32.6 Å². The van der Waals surface area contributed by atoms with Gasteiger partial charge in [0.05, 0.1) is 17.0 Å². The zero-order valence-electron chi connectivity index (χ0n) is 7.95. The average Bonchev–Trinajstić information content (AvgIpc) is 2.16. The fourth-order valence-corrected chi connectivity index (χ4v) is 1.21. The highest BCUT2D eigenvalue weighted by atomic mass is 35.5. The topological polar surface area (TPSA) is 82.0 Å². The molecule has 15 heavy (non-hydrogen) atoms. The van der Waals surface area contributed by atoms with Crippen LogP contribution < -0.4 is 5.73 Å². The summed E-state index contributed by atoms with van der Waals surface area (Å²) in [4.78, 5) is 13.9. The van der Waals surface area contributed by atoms with Crippen LogP contribution in [-0.4, -0.2) is 16.5 Å². The van der Waals surface area contributed by atoms with Crippen LogP contribution in [-0.2, 0) is 0 Å². The molecule has 0 aliphatic heterocycles. The monoisotopic (exact) mass is 225 g/mol. The molecule has 0 unspecified atom stereocenters. The van der Waals surface area contributed by atoms with E-state index in [9.17, 15) is 10.1 Å². The second kappa shape index (κ2) is 4.73. The quantitative estimate of drug-likeness (QED) is 0.338. The van der Waals surface area contributed by atoms with Crippen LogP contribution in [0.25, 0.3) is 0 Å². The van der Waals surface area contributed by atoms with Crippen LogP contribution in [0, 0.1) is 28.9 Å². The molecular weight excluding hydrogens is 218 g/mol. The van der Waals surface area contributed by atoms with Gasteiger partial charge in [-0.2, -0.15) is 0 Å². The largest absolute Gasteiger partial charge is 0.320 e. The van der Waals surface area contributed by atoms with Crippen LogP contribution in [0.5, 0.6) is 0 Å². The first-order valence-electron chi connectivity index (χ1n) is 4.06. The van der Waals surface area contributed by atoms with Crippen molar-refractivity contribution in [3.8, 4) is 11.8 Å². The van der Waals surface area contributed by atoms with Crippen molar-refractivity contribution < 1.29 is 4.92 Å². The van der Waals surface area contributed by atoms with Gasteiger partial charge >= 0.3 is 0 Å². The van der Waals surface area contributed by atoms with E-state index in [4.69, 9.17) is 17.3 Å². The molecule has 0 atom stereocenters. The zero-order chi connectivity index (χ0) is 11.4. The molecule has 0 radical (unpaired) electrons. The van der Waals surface area contributed by atoms with E-state index in [1.54, 1.807) is 0 Å². The van der Waals surface area contributed by atoms with Gasteiger partial charge in [-0.15, -0.1) is 0 Å². The Labute approximate surface area is 91.4 Å². The van der Waals surface area contributed by atoms with E-state index in [1.807, 2.05) is 0 Å². The molecule has 0 aliphatic rings. The van der Waals surface area contributed by atoms with Crippen LogP contribution in [0.3, 0.4) is 0 Å². The van der Waals surface area contributed by atoms with Gasteiger partial charge in [-0.25, -0.2) is 4.98 Å². The van der Waals surface area contributed by atoms with Crippen LogP contribution in [0.2, 0.25) is 5.15 Å². The molecule has 0 saturated heterocycles. The van der Waals surface area contributed by atoms with E-state index in [2.05, 4.69) is 16.8 Å². The number of nitro groups is 1. The average molecular weight is 226 g/mol. The van der Waals surface area contributed by atoms with Gasteiger partial charge in [-0.3, -0.25) is 10.1 Å². The smallest absolute Gasteiger partial charge is 0.291 e. The lowest BCUT2D eigenvalue weighted by Gasteiger charge is -1.99. The lowest BCUT2D eigenvalue weighted by molar-refractivity contribution is -0.385. The summed E-state index contributed by atoms with van der Waals surface area (Å²) < 4.78 is 0. The van der Waals surface area contributed by atoms with Crippen LogP contribution in [0.15, 0.2) is 6.07 Å². The molecular formula is C9H8ClN3O2. The van der Waals surface area contributed by atoms with E-state index in [0.29, 0.717) is 5.56 Å². The third kappa shape index (κ3) is 2.65. The van der Waals surface area contributed by atoms with Crippen molar-refractivity contribution in [1.82, 2.24) is 4.98 Å². The molecule has 6 heteroatoms. The Hall–Kier alpha value is -1.64. The maximum absolute atomic E-state index is 10.6. The maximum Gasteiger partial charge on any atom is 0.291 e. The highest BCUT2D eigenvalue weighted by molar-refractivity contribution is 6.30. The number of pyridine rings is 1. The number of rotatable bonds is 1. The summed E-state index contributed by atoms with van der Waals surface area (Å²) in [6, 6.07) is 1.30. The molecule has 78 valence electrons. The molecule has 0 amide bonds. The van der Waals surface area contributed by atoms with Crippen molar-refractivity contribution >= 4 is 17.3 Å². The first kappa shape index (κ1) is 11.4. The second-order valence-electron chi connectivity index (χ2n) is 2.69. The Morgan fingerprint density at radius 1 is 1.73 bits per heavy atom. The van der Waals surface area contributed by atoms with Gasteiger partial charge in [0, 0.05) is 6.07 Å². The minimum atomic E-state index is -0.522. The predicted molar refractivity (Wildman–Crippen MR) is 56.6 cm³/mol. The summed E-state index contributed by atoms with van der Waals surface area (Å²) in [6.45, 7) is 1.68. The fraction of sp³-hybridized carbons (Fsp3) is 0.222. The summed E-state index contributed by atoms with van der Waals surface area (Å²) >= 11 is 5.76. The molecule has 1 aromatic rings. The Morgan fingerprint density at radius 3 is 2.93 bits per heavy atom. The van der Waals surface area contributed by atoms with Crippen LogP contribution in [0.1, 0.15) is 11.3 Å². The molecule has 0 bridgehead atoms. The van der Waals surface area contributed by atoms with Gasteiger partial charge in [0.2, 0.25) is 0 Å². The molecule has 0 spiro atoms. The Bertz CT molecular complexity index is 462. The number of nitrogens with two attached hydrogens (primary N) is 1. The van der Waals surface area contributed by atoms with Gasteiger partial charge in [0.25, 0.3) is 5.69 Å². The van der Waals surface area contributed by atoms with Gasteiger partial charge in [-0.05, 0) is 6.92 Å². The molecule has 1 heterocycles. The molecule has 0 saturated carbocycles. The Morgan fingerprint density at radius 2 is 2.40 bits per heavy atom. The summed E-state index contributed by atoms with van der Waals surface area (Å²) in [6.07, 6.45) is 0. The summed E-state index contributed by atoms with van der Waals surface area (Å²) in [5, 5.41) is 10.8.